The predicted molar refractivity (Wildman–Crippen MR) is 47.9 cm³/mol. The van der Waals surface area contributed by atoms with Crippen LogP contribution in [-0.4, -0.2) is 46.9 Å². The number of rotatable bonds is 5. The van der Waals surface area contributed by atoms with Crippen LogP contribution in [0.25, 0.3) is 0 Å². The molecule has 6 heteroatoms. The minimum atomic E-state index is -0.924. The third kappa shape index (κ3) is 3.14. The summed E-state index contributed by atoms with van der Waals surface area (Å²) in [6.07, 6.45) is 0.519. The zero-order valence-electron chi connectivity index (χ0n) is 8.23. The summed E-state index contributed by atoms with van der Waals surface area (Å²) >= 11 is 0. The topological polar surface area (TPSA) is 79.5 Å². The number of carboxylic acid groups (broad SMARTS) is 1. The number of hydrogen-bond acceptors (Lipinski definition) is 5. The Morgan fingerprint density at radius 3 is 2.64 bits per heavy atom. The maximum atomic E-state index is 10.4. The summed E-state index contributed by atoms with van der Waals surface area (Å²) in [4.78, 5) is 12.4. The summed E-state index contributed by atoms with van der Waals surface area (Å²) in [5, 5.41) is 15.8. The predicted octanol–water partition coefficient (Wildman–Crippen LogP) is -0.199. The molecule has 0 aliphatic rings. The molecular formula is C8H13N3O3. The zero-order chi connectivity index (χ0) is 10.6. The van der Waals surface area contributed by atoms with Crippen molar-refractivity contribution in [1.29, 1.82) is 0 Å². The van der Waals surface area contributed by atoms with Crippen molar-refractivity contribution in [1.82, 2.24) is 15.2 Å². The van der Waals surface area contributed by atoms with Crippen molar-refractivity contribution in [3.05, 3.63) is 11.4 Å². The van der Waals surface area contributed by atoms with Crippen molar-refractivity contribution in [3.8, 4) is 0 Å². The summed E-state index contributed by atoms with van der Waals surface area (Å²) < 4.78 is 4.50. The van der Waals surface area contributed by atoms with E-state index in [1.54, 1.807) is 0 Å². The average molecular weight is 199 g/mol. The number of carbonyl (C=O) groups is 1. The molecule has 1 aromatic heterocycles. The van der Waals surface area contributed by atoms with Crippen LogP contribution in [0, 0.1) is 0 Å². The Kier molecular flexibility index (Phi) is 3.58. The van der Waals surface area contributed by atoms with Crippen LogP contribution in [0.2, 0.25) is 0 Å². The fourth-order valence-corrected chi connectivity index (χ4v) is 1.02. The highest BCUT2D eigenvalue weighted by molar-refractivity contribution is 5.69. The van der Waals surface area contributed by atoms with Crippen LogP contribution in [0.4, 0.5) is 0 Å². The molecule has 1 aromatic rings. The smallest absolute Gasteiger partial charge is 0.309 e. The summed E-state index contributed by atoms with van der Waals surface area (Å²) in [6, 6.07) is 0. The highest BCUT2D eigenvalue weighted by Crippen LogP contribution is 2.04. The van der Waals surface area contributed by atoms with Gasteiger partial charge in [-0.1, -0.05) is 10.3 Å². The third-order valence-electron chi connectivity index (χ3n) is 1.75. The molecule has 0 radical (unpaired) electrons. The number of aromatic nitrogens is 2. The van der Waals surface area contributed by atoms with Crippen molar-refractivity contribution >= 4 is 5.97 Å². The maximum Gasteiger partial charge on any atom is 0.309 e. The number of aliphatic carboxylic acids is 1. The number of likely N-dealkylation sites (N-methyl/N-ethyl adjacent to an activating group) is 1. The average Bonchev–Trinajstić information content (AvgIpc) is 2.47. The molecule has 0 aliphatic carbocycles. The fourth-order valence-electron chi connectivity index (χ4n) is 1.02. The molecule has 0 saturated carbocycles. The minimum absolute atomic E-state index is 0.133. The molecule has 0 fully saturated rings. The monoisotopic (exact) mass is 199 g/mol. The second-order valence-electron chi connectivity index (χ2n) is 3.28. The lowest BCUT2D eigenvalue weighted by Crippen LogP contribution is -2.16. The molecule has 0 aliphatic heterocycles. The van der Waals surface area contributed by atoms with Gasteiger partial charge < -0.3 is 10.0 Å². The minimum Gasteiger partial charge on any atom is -0.481 e. The highest BCUT2D eigenvalue weighted by Gasteiger charge is 2.13. The lowest BCUT2D eigenvalue weighted by atomic mass is 10.2. The first-order valence-electron chi connectivity index (χ1n) is 4.26. The third-order valence-corrected chi connectivity index (χ3v) is 1.75. The summed E-state index contributed by atoms with van der Waals surface area (Å²) in [7, 11) is 3.87. The van der Waals surface area contributed by atoms with Crippen LogP contribution in [0.3, 0.4) is 0 Å². The Bertz CT molecular complexity index is 309. The van der Waals surface area contributed by atoms with Crippen LogP contribution < -0.4 is 0 Å². The first-order chi connectivity index (χ1) is 6.59. The Morgan fingerprint density at radius 2 is 2.07 bits per heavy atom. The summed E-state index contributed by atoms with van der Waals surface area (Å²) in [5.74, 6) is -0.924. The first-order valence-corrected chi connectivity index (χ1v) is 4.26. The summed E-state index contributed by atoms with van der Waals surface area (Å²) in [5.41, 5.74) is 1.04. The first kappa shape index (κ1) is 10.6. The molecule has 6 nitrogen and oxygen atoms in total. The zero-order valence-corrected chi connectivity index (χ0v) is 8.23. The SMILES string of the molecule is CN(C)CCc1nonc1CC(=O)O. The van der Waals surface area contributed by atoms with Gasteiger partial charge in [-0.25, -0.2) is 4.63 Å². The van der Waals surface area contributed by atoms with E-state index in [1.165, 1.54) is 0 Å². The van der Waals surface area contributed by atoms with Gasteiger partial charge in [0, 0.05) is 13.0 Å². The number of nitrogens with zero attached hydrogens (tertiary/aromatic N) is 3. The molecule has 0 bridgehead atoms. The molecule has 78 valence electrons. The van der Waals surface area contributed by atoms with Gasteiger partial charge in [0.15, 0.2) is 0 Å². The normalized spacial score (nSPS) is 10.8. The second-order valence-corrected chi connectivity index (χ2v) is 3.28. The van der Waals surface area contributed by atoms with Gasteiger partial charge in [-0.3, -0.25) is 4.79 Å². The van der Waals surface area contributed by atoms with Gasteiger partial charge in [0.05, 0.1) is 6.42 Å². The van der Waals surface area contributed by atoms with Crippen LogP contribution in [0.1, 0.15) is 11.4 Å². The molecule has 0 spiro atoms. The standard InChI is InChI=1S/C8H13N3O3/c1-11(2)4-3-6-7(5-8(12)13)10-14-9-6/h3-5H2,1-2H3,(H,12,13). The van der Waals surface area contributed by atoms with E-state index in [4.69, 9.17) is 5.11 Å². The van der Waals surface area contributed by atoms with Gasteiger partial charge in [0.25, 0.3) is 0 Å². The molecular weight excluding hydrogens is 186 g/mol. The molecule has 1 heterocycles. The van der Waals surface area contributed by atoms with Crippen LogP contribution in [0.5, 0.6) is 0 Å². The van der Waals surface area contributed by atoms with E-state index in [2.05, 4.69) is 14.9 Å². The van der Waals surface area contributed by atoms with Crippen molar-refractivity contribution in [2.75, 3.05) is 20.6 Å². The van der Waals surface area contributed by atoms with E-state index < -0.39 is 5.97 Å². The molecule has 14 heavy (non-hydrogen) atoms. The Hall–Kier alpha value is -1.43. The van der Waals surface area contributed by atoms with Gasteiger partial charge in [-0.2, -0.15) is 0 Å². The maximum absolute atomic E-state index is 10.4. The Morgan fingerprint density at radius 1 is 1.43 bits per heavy atom. The summed E-state index contributed by atoms with van der Waals surface area (Å²) in [6.45, 7) is 0.792. The van der Waals surface area contributed by atoms with Gasteiger partial charge in [-0.15, -0.1) is 0 Å². The van der Waals surface area contributed by atoms with E-state index in [0.717, 1.165) is 6.54 Å². The fraction of sp³-hybridized carbons (Fsp3) is 0.625. The van der Waals surface area contributed by atoms with Crippen molar-refractivity contribution < 1.29 is 14.5 Å². The van der Waals surface area contributed by atoms with Crippen molar-refractivity contribution in [2.24, 2.45) is 0 Å². The Labute approximate surface area is 81.5 Å². The number of hydrogen-bond donors (Lipinski definition) is 1. The van der Waals surface area contributed by atoms with E-state index in [1.807, 2.05) is 19.0 Å². The lowest BCUT2D eigenvalue weighted by Gasteiger charge is -2.06. The quantitative estimate of drug-likeness (QED) is 0.707. The molecule has 0 aromatic carbocycles. The Balaban J connectivity index is 2.58. The molecule has 1 N–H and O–H groups in total. The van der Waals surface area contributed by atoms with Crippen LogP contribution in [-0.2, 0) is 17.6 Å². The molecule has 0 amide bonds. The van der Waals surface area contributed by atoms with E-state index in [0.29, 0.717) is 17.8 Å². The molecule has 1 rings (SSSR count). The van der Waals surface area contributed by atoms with E-state index >= 15 is 0 Å². The molecule has 0 saturated heterocycles. The largest absolute Gasteiger partial charge is 0.481 e. The molecule has 0 atom stereocenters. The number of carboxylic acids is 1. The van der Waals surface area contributed by atoms with Gasteiger partial charge in [-0.05, 0) is 14.1 Å². The van der Waals surface area contributed by atoms with Crippen LogP contribution >= 0.6 is 0 Å². The van der Waals surface area contributed by atoms with Crippen molar-refractivity contribution in [3.63, 3.8) is 0 Å². The van der Waals surface area contributed by atoms with Gasteiger partial charge in [0.2, 0.25) is 0 Å². The van der Waals surface area contributed by atoms with Crippen molar-refractivity contribution in [2.45, 2.75) is 12.8 Å². The highest BCUT2D eigenvalue weighted by atomic mass is 16.6. The van der Waals surface area contributed by atoms with E-state index in [-0.39, 0.29) is 6.42 Å². The van der Waals surface area contributed by atoms with E-state index in [9.17, 15) is 4.79 Å². The second kappa shape index (κ2) is 4.71. The van der Waals surface area contributed by atoms with Crippen LogP contribution in [0.15, 0.2) is 4.63 Å². The van der Waals surface area contributed by atoms with Gasteiger partial charge in [0.1, 0.15) is 11.4 Å². The lowest BCUT2D eigenvalue weighted by molar-refractivity contribution is -0.136. The molecule has 0 unspecified atom stereocenters. The van der Waals surface area contributed by atoms with Gasteiger partial charge >= 0.3 is 5.97 Å².